The largest absolute Gasteiger partial charge is 0.388 e. The maximum Gasteiger partial charge on any atom is 0.123 e. The lowest BCUT2D eigenvalue weighted by atomic mass is 10.2. The number of halogens is 1. The number of hydrogen-bond acceptors (Lipinski definition) is 2. The van der Waals surface area contributed by atoms with Crippen molar-refractivity contribution in [3.8, 4) is 0 Å². The molecule has 2 rings (SSSR count). The molecule has 0 amide bonds. The quantitative estimate of drug-likeness (QED) is 0.866. The monoisotopic (exact) mass is 230 g/mol. The van der Waals surface area contributed by atoms with Gasteiger partial charge in [-0.15, -0.1) is 0 Å². The molecule has 0 unspecified atom stereocenters. The summed E-state index contributed by atoms with van der Waals surface area (Å²) in [6.07, 6.45) is 0. The highest BCUT2D eigenvalue weighted by atomic mass is 19.1. The van der Waals surface area contributed by atoms with Crippen molar-refractivity contribution in [3.63, 3.8) is 0 Å². The van der Waals surface area contributed by atoms with Gasteiger partial charge in [-0.25, -0.2) is 4.39 Å². The summed E-state index contributed by atoms with van der Waals surface area (Å²) in [7, 11) is 3.85. The SMILES string of the molecule is CNc1ccc(N(C)c2ccc(F)cc2)cc1. The molecule has 0 aliphatic rings. The average molecular weight is 230 g/mol. The Morgan fingerprint density at radius 2 is 1.35 bits per heavy atom. The van der Waals surface area contributed by atoms with E-state index in [9.17, 15) is 4.39 Å². The smallest absolute Gasteiger partial charge is 0.123 e. The molecule has 0 aromatic heterocycles. The number of nitrogens with one attached hydrogen (secondary N) is 1. The molecule has 0 atom stereocenters. The van der Waals surface area contributed by atoms with Crippen molar-refractivity contribution in [2.75, 3.05) is 24.3 Å². The van der Waals surface area contributed by atoms with Gasteiger partial charge < -0.3 is 10.2 Å². The zero-order chi connectivity index (χ0) is 12.3. The maximum absolute atomic E-state index is 12.8. The van der Waals surface area contributed by atoms with E-state index in [4.69, 9.17) is 0 Å². The van der Waals surface area contributed by atoms with E-state index in [0.29, 0.717) is 0 Å². The fourth-order valence-corrected chi connectivity index (χ4v) is 1.67. The second-order valence-electron chi connectivity index (χ2n) is 3.83. The number of hydrogen-bond donors (Lipinski definition) is 1. The topological polar surface area (TPSA) is 15.3 Å². The summed E-state index contributed by atoms with van der Waals surface area (Å²) < 4.78 is 12.8. The van der Waals surface area contributed by atoms with Crippen LogP contribution in [-0.4, -0.2) is 14.1 Å². The van der Waals surface area contributed by atoms with E-state index in [1.54, 1.807) is 12.1 Å². The van der Waals surface area contributed by atoms with Gasteiger partial charge in [0.15, 0.2) is 0 Å². The molecular weight excluding hydrogens is 215 g/mol. The number of anilines is 3. The second-order valence-corrected chi connectivity index (χ2v) is 3.83. The molecule has 0 heterocycles. The summed E-state index contributed by atoms with van der Waals surface area (Å²) in [5.41, 5.74) is 3.10. The highest BCUT2D eigenvalue weighted by Crippen LogP contribution is 2.24. The van der Waals surface area contributed by atoms with Gasteiger partial charge in [-0.2, -0.15) is 0 Å². The molecule has 2 aromatic carbocycles. The summed E-state index contributed by atoms with van der Waals surface area (Å²) in [6.45, 7) is 0. The highest BCUT2D eigenvalue weighted by Gasteiger charge is 2.03. The summed E-state index contributed by atoms with van der Waals surface area (Å²) in [4.78, 5) is 2.01. The van der Waals surface area contributed by atoms with Crippen LogP contribution in [0.1, 0.15) is 0 Å². The van der Waals surface area contributed by atoms with Gasteiger partial charge in [0.05, 0.1) is 0 Å². The predicted molar refractivity (Wildman–Crippen MR) is 70.5 cm³/mol. The van der Waals surface area contributed by atoms with Gasteiger partial charge >= 0.3 is 0 Å². The van der Waals surface area contributed by atoms with Crippen LogP contribution in [0.4, 0.5) is 21.5 Å². The minimum atomic E-state index is -0.215. The first-order valence-electron chi connectivity index (χ1n) is 5.48. The van der Waals surface area contributed by atoms with Crippen LogP contribution in [0.15, 0.2) is 48.5 Å². The van der Waals surface area contributed by atoms with Crippen LogP contribution in [0.3, 0.4) is 0 Å². The lowest BCUT2D eigenvalue weighted by molar-refractivity contribution is 0.628. The number of nitrogens with zero attached hydrogens (tertiary/aromatic N) is 1. The van der Waals surface area contributed by atoms with E-state index >= 15 is 0 Å². The van der Waals surface area contributed by atoms with Crippen molar-refractivity contribution in [2.45, 2.75) is 0 Å². The molecule has 0 radical (unpaired) electrons. The predicted octanol–water partition coefficient (Wildman–Crippen LogP) is 3.64. The van der Waals surface area contributed by atoms with Crippen molar-refractivity contribution in [3.05, 3.63) is 54.3 Å². The van der Waals surface area contributed by atoms with Crippen LogP contribution >= 0.6 is 0 Å². The molecule has 0 saturated heterocycles. The van der Waals surface area contributed by atoms with Crippen molar-refractivity contribution in [2.24, 2.45) is 0 Å². The zero-order valence-electron chi connectivity index (χ0n) is 9.94. The molecule has 0 aliphatic heterocycles. The molecule has 0 saturated carbocycles. The fourth-order valence-electron chi connectivity index (χ4n) is 1.67. The Hall–Kier alpha value is -2.03. The third kappa shape index (κ3) is 2.56. The first-order valence-corrected chi connectivity index (χ1v) is 5.48. The first-order chi connectivity index (χ1) is 8.20. The molecule has 0 bridgehead atoms. The molecule has 2 aromatic rings. The number of rotatable bonds is 3. The third-order valence-electron chi connectivity index (χ3n) is 2.76. The molecule has 2 nitrogen and oxygen atoms in total. The normalized spacial score (nSPS) is 10.1. The zero-order valence-corrected chi connectivity index (χ0v) is 9.94. The summed E-state index contributed by atoms with van der Waals surface area (Å²) in [6, 6.07) is 14.5. The second kappa shape index (κ2) is 4.87. The standard InChI is InChI=1S/C14H15FN2/c1-16-12-5-9-14(10-6-12)17(2)13-7-3-11(15)4-8-13/h3-10,16H,1-2H3. The Balaban J connectivity index is 2.23. The Kier molecular flexibility index (Phi) is 3.28. The van der Waals surface area contributed by atoms with Crippen molar-refractivity contribution in [1.29, 1.82) is 0 Å². The first kappa shape index (κ1) is 11.5. The van der Waals surface area contributed by atoms with Crippen LogP contribution in [0.25, 0.3) is 0 Å². The van der Waals surface area contributed by atoms with E-state index in [-0.39, 0.29) is 5.82 Å². The van der Waals surface area contributed by atoms with Gasteiger partial charge in [-0.3, -0.25) is 0 Å². The van der Waals surface area contributed by atoms with Gasteiger partial charge in [0, 0.05) is 31.2 Å². The summed E-state index contributed by atoms with van der Waals surface area (Å²) in [5.74, 6) is -0.215. The molecule has 88 valence electrons. The van der Waals surface area contributed by atoms with Crippen molar-refractivity contribution < 1.29 is 4.39 Å². The molecule has 17 heavy (non-hydrogen) atoms. The summed E-state index contributed by atoms with van der Waals surface area (Å²) in [5, 5.41) is 3.07. The van der Waals surface area contributed by atoms with Crippen molar-refractivity contribution >= 4 is 17.1 Å². The van der Waals surface area contributed by atoms with Crippen molar-refractivity contribution in [1.82, 2.24) is 0 Å². The van der Waals surface area contributed by atoms with Crippen LogP contribution in [-0.2, 0) is 0 Å². The molecule has 3 heteroatoms. The lowest BCUT2D eigenvalue weighted by Crippen LogP contribution is -2.09. The van der Waals surface area contributed by atoms with E-state index < -0.39 is 0 Å². The van der Waals surface area contributed by atoms with Crippen LogP contribution in [0.5, 0.6) is 0 Å². The van der Waals surface area contributed by atoms with Gasteiger partial charge in [-0.1, -0.05) is 0 Å². The van der Waals surface area contributed by atoms with Crippen LogP contribution in [0.2, 0.25) is 0 Å². The fraction of sp³-hybridized carbons (Fsp3) is 0.143. The third-order valence-corrected chi connectivity index (χ3v) is 2.76. The average Bonchev–Trinajstić information content (AvgIpc) is 2.39. The Morgan fingerprint density at radius 1 is 0.882 bits per heavy atom. The maximum atomic E-state index is 12.8. The molecule has 0 fully saturated rings. The number of benzene rings is 2. The van der Waals surface area contributed by atoms with Gasteiger partial charge in [0.2, 0.25) is 0 Å². The van der Waals surface area contributed by atoms with Gasteiger partial charge in [0.25, 0.3) is 0 Å². The highest BCUT2D eigenvalue weighted by molar-refractivity contribution is 5.64. The van der Waals surface area contributed by atoms with E-state index in [1.165, 1.54) is 12.1 Å². The van der Waals surface area contributed by atoms with Crippen LogP contribution < -0.4 is 10.2 Å². The lowest BCUT2D eigenvalue weighted by Gasteiger charge is -2.19. The van der Waals surface area contributed by atoms with Crippen LogP contribution in [0, 0.1) is 5.82 Å². The van der Waals surface area contributed by atoms with Gasteiger partial charge in [-0.05, 0) is 48.5 Å². The minimum Gasteiger partial charge on any atom is -0.388 e. The van der Waals surface area contributed by atoms with E-state index in [2.05, 4.69) is 5.32 Å². The molecule has 0 spiro atoms. The Bertz CT molecular complexity index is 477. The molecular formula is C14H15FN2. The van der Waals surface area contributed by atoms with Gasteiger partial charge in [0.1, 0.15) is 5.82 Å². The minimum absolute atomic E-state index is 0.215. The Labute approximate surface area is 101 Å². The Morgan fingerprint density at radius 3 is 1.82 bits per heavy atom. The van der Waals surface area contributed by atoms with E-state index in [0.717, 1.165) is 17.1 Å². The molecule has 0 aliphatic carbocycles. The van der Waals surface area contributed by atoms with E-state index in [1.807, 2.05) is 43.3 Å². The molecule has 1 N–H and O–H groups in total. The summed E-state index contributed by atoms with van der Waals surface area (Å²) >= 11 is 0.